The van der Waals surface area contributed by atoms with Crippen molar-refractivity contribution in [3.63, 3.8) is 0 Å². The van der Waals surface area contributed by atoms with Gasteiger partial charge in [0.05, 0.1) is 19.2 Å². The van der Waals surface area contributed by atoms with E-state index in [0.29, 0.717) is 12.1 Å². The SMILES string of the molecule is CCN(CC)CCNCc1ccc(-c2ccc(C(=O)OC)cc2)o1.Cl.Cl. The number of halogens is 2. The number of ether oxygens (including phenoxy) is 1. The van der Waals surface area contributed by atoms with Crippen LogP contribution in [-0.4, -0.2) is 44.2 Å². The molecule has 1 aromatic carbocycles. The Morgan fingerprint density at radius 2 is 1.73 bits per heavy atom. The zero-order valence-electron chi connectivity index (χ0n) is 15.5. The van der Waals surface area contributed by atoms with Crippen LogP contribution in [0.25, 0.3) is 11.3 Å². The maximum atomic E-state index is 11.4. The van der Waals surface area contributed by atoms with E-state index in [-0.39, 0.29) is 30.8 Å². The van der Waals surface area contributed by atoms with Gasteiger partial charge in [0, 0.05) is 18.7 Å². The minimum Gasteiger partial charge on any atom is -0.465 e. The third-order valence-corrected chi connectivity index (χ3v) is 4.05. The number of furan rings is 1. The number of esters is 1. The molecular weight excluding hydrogens is 375 g/mol. The first-order valence-corrected chi connectivity index (χ1v) is 8.38. The molecule has 2 aromatic rings. The van der Waals surface area contributed by atoms with Crippen molar-refractivity contribution in [2.45, 2.75) is 20.4 Å². The standard InChI is InChI=1S/C19H26N2O3.2ClH/c1-4-21(5-2)13-12-20-14-17-10-11-18(24-17)15-6-8-16(9-7-15)19(22)23-3;;/h6-11,20H,4-5,12-14H2,1-3H3;2*1H. The van der Waals surface area contributed by atoms with Crippen molar-refractivity contribution in [2.75, 3.05) is 33.3 Å². The summed E-state index contributed by atoms with van der Waals surface area (Å²) in [6.45, 7) is 9.18. The highest BCUT2D eigenvalue weighted by Crippen LogP contribution is 2.22. The van der Waals surface area contributed by atoms with E-state index in [4.69, 9.17) is 9.15 Å². The van der Waals surface area contributed by atoms with E-state index in [1.165, 1.54) is 7.11 Å². The third-order valence-electron chi connectivity index (χ3n) is 4.05. The molecule has 0 fully saturated rings. The van der Waals surface area contributed by atoms with Crippen molar-refractivity contribution in [2.24, 2.45) is 0 Å². The van der Waals surface area contributed by atoms with Crippen LogP contribution in [0.15, 0.2) is 40.8 Å². The van der Waals surface area contributed by atoms with Crippen LogP contribution in [0.5, 0.6) is 0 Å². The molecule has 0 saturated heterocycles. The second-order valence-corrected chi connectivity index (χ2v) is 5.54. The molecule has 1 N–H and O–H groups in total. The lowest BCUT2D eigenvalue weighted by atomic mass is 10.1. The molecule has 0 aliphatic carbocycles. The highest BCUT2D eigenvalue weighted by molar-refractivity contribution is 5.89. The Morgan fingerprint density at radius 1 is 1.08 bits per heavy atom. The van der Waals surface area contributed by atoms with Crippen molar-refractivity contribution in [1.29, 1.82) is 0 Å². The van der Waals surface area contributed by atoms with Gasteiger partial charge in [-0.15, -0.1) is 24.8 Å². The van der Waals surface area contributed by atoms with Gasteiger partial charge < -0.3 is 19.4 Å². The second kappa shape index (κ2) is 12.8. The Morgan fingerprint density at radius 3 is 2.31 bits per heavy atom. The zero-order chi connectivity index (χ0) is 17.4. The number of hydrogen-bond donors (Lipinski definition) is 1. The van der Waals surface area contributed by atoms with E-state index in [1.807, 2.05) is 24.3 Å². The van der Waals surface area contributed by atoms with E-state index in [2.05, 4.69) is 24.1 Å². The smallest absolute Gasteiger partial charge is 0.337 e. The number of rotatable bonds is 9. The van der Waals surface area contributed by atoms with Gasteiger partial charge in [-0.1, -0.05) is 26.0 Å². The van der Waals surface area contributed by atoms with Gasteiger partial charge in [0.25, 0.3) is 0 Å². The number of methoxy groups -OCH3 is 1. The monoisotopic (exact) mass is 402 g/mol. The molecule has 0 atom stereocenters. The lowest BCUT2D eigenvalue weighted by Crippen LogP contribution is -2.31. The zero-order valence-corrected chi connectivity index (χ0v) is 17.1. The molecule has 1 heterocycles. The molecule has 0 radical (unpaired) electrons. The van der Waals surface area contributed by atoms with Crippen molar-refractivity contribution in [1.82, 2.24) is 10.2 Å². The van der Waals surface area contributed by atoms with Gasteiger partial charge in [0.15, 0.2) is 0 Å². The van der Waals surface area contributed by atoms with Crippen molar-refractivity contribution >= 4 is 30.8 Å². The van der Waals surface area contributed by atoms with Gasteiger partial charge in [-0.25, -0.2) is 4.79 Å². The minimum atomic E-state index is -0.334. The number of benzene rings is 1. The molecule has 1 aromatic heterocycles. The summed E-state index contributed by atoms with van der Waals surface area (Å²) in [6, 6.07) is 11.1. The molecule has 7 heteroatoms. The number of likely N-dealkylation sites (N-methyl/N-ethyl adjacent to an activating group) is 1. The molecule has 0 amide bonds. The summed E-state index contributed by atoms with van der Waals surface area (Å²) in [7, 11) is 1.38. The number of nitrogens with zero attached hydrogens (tertiary/aromatic N) is 1. The first kappa shape index (κ1) is 24.5. The fourth-order valence-electron chi connectivity index (χ4n) is 2.51. The topological polar surface area (TPSA) is 54.7 Å². The number of carbonyl (C=O) groups excluding carboxylic acids is 1. The molecule has 0 saturated carbocycles. The molecule has 5 nitrogen and oxygen atoms in total. The fraction of sp³-hybridized carbons (Fsp3) is 0.421. The predicted octanol–water partition coefficient (Wildman–Crippen LogP) is 4.01. The van der Waals surface area contributed by atoms with Crippen LogP contribution >= 0.6 is 24.8 Å². The van der Waals surface area contributed by atoms with Gasteiger partial charge in [-0.3, -0.25) is 0 Å². The van der Waals surface area contributed by atoms with Crippen molar-refractivity contribution < 1.29 is 13.9 Å². The molecule has 0 unspecified atom stereocenters. The number of hydrogen-bond acceptors (Lipinski definition) is 5. The maximum absolute atomic E-state index is 11.4. The summed E-state index contributed by atoms with van der Waals surface area (Å²) in [5.41, 5.74) is 1.48. The van der Waals surface area contributed by atoms with Gasteiger partial charge in [0.2, 0.25) is 0 Å². The van der Waals surface area contributed by atoms with Crippen LogP contribution in [0.4, 0.5) is 0 Å². The fourth-order valence-corrected chi connectivity index (χ4v) is 2.51. The summed E-state index contributed by atoms with van der Waals surface area (Å²) in [4.78, 5) is 13.8. The highest BCUT2D eigenvalue weighted by atomic mass is 35.5. The Kier molecular flexibility index (Phi) is 12.0. The summed E-state index contributed by atoms with van der Waals surface area (Å²) in [5.74, 6) is 1.37. The van der Waals surface area contributed by atoms with Crippen LogP contribution in [-0.2, 0) is 11.3 Å². The van der Waals surface area contributed by atoms with Crippen LogP contribution in [0.1, 0.15) is 30.0 Å². The normalized spacial score (nSPS) is 10.2. The van der Waals surface area contributed by atoms with Crippen LogP contribution < -0.4 is 5.32 Å². The molecular formula is C19H28Cl2N2O3. The van der Waals surface area contributed by atoms with E-state index >= 15 is 0 Å². The van der Waals surface area contributed by atoms with E-state index in [1.54, 1.807) is 12.1 Å². The molecule has 0 aliphatic rings. The number of carbonyl (C=O) groups is 1. The Labute approximate surface area is 167 Å². The molecule has 0 aliphatic heterocycles. The molecule has 0 bridgehead atoms. The quantitative estimate of drug-likeness (QED) is 0.507. The van der Waals surface area contributed by atoms with Gasteiger partial charge in [0.1, 0.15) is 11.5 Å². The van der Waals surface area contributed by atoms with Gasteiger partial charge in [-0.2, -0.15) is 0 Å². The lowest BCUT2D eigenvalue weighted by Gasteiger charge is -2.17. The Bertz CT molecular complexity index is 640. The summed E-state index contributed by atoms with van der Waals surface area (Å²) in [6.07, 6.45) is 0. The summed E-state index contributed by atoms with van der Waals surface area (Å²) in [5, 5.41) is 3.40. The average molecular weight is 403 g/mol. The summed E-state index contributed by atoms with van der Waals surface area (Å²) < 4.78 is 10.6. The summed E-state index contributed by atoms with van der Waals surface area (Å²) >= 11 is 0. The Hall–Kier alpha value is -1.53. The van der Waals surface area contributed by atoms with Crippen molar-refractivity contribution in [3.05, 3.63) is 47.7 Å². The van der Waals surface area contributed by atoms with Crippen LogP contribution in [0.3, 0.4) is 0 Å². The average Bonchev–Trinajstić information content (AvgIpc) is 3.10. The molecule has 146 valence electrons. The van der Waals surface area contributed by atoms with E-state index in [9.17, 15) is 4.79 Å². The molecule has 26 heavy (non-hydrogen) atoms. The van der Waals surface area contributed by atoms with Gasteiger partial charge >= 0.3 is 5.97 Å². The second-order valence-electron chi connectivity index (χ2n) is 5.54. The van der Waals surface area contributed by atoms with Crippen LogP contribution in [0.2, 0.25) is 0 Å². The molecule has 2 rings (SSSR count). The maximum Gasteiger partial charge on any atom is 0.337 e. The predicted molar refractivity (Wildman–Crippen MR) is 109 cm³/mol. The van der Waals surface area contributed by atoms with Gasteiger partial charge in [-0.05, 0) is 37.4 Å². The third kappa shape index (κ3) is 7.00. The van der Waals surface area contributed by atoms with Crippen molar-refractivity contribution in [3.8, 4) is 11.3 Å². The van der Waals surface area contributed by atoms with E-state index < -0.39 is 0 Å². The number of nitrogens with one attached hydrogen (secondary N) is 1. The minimum absolute atomic E-state index is 0. The largest absolute Gasteiger partial charge is 0.465 e. The van der Waals surface area contributed by atoms with E-state index in [0.717, 1.165) is 43.3 Å². The molecule has 0 spiro atoms. The first-order valence-electron chi connectivity index (χ1n) is 8.38. The highest BCUT2D eigenvalue weighted by Gasteiger charge is 2.08. The Balaban J connectivity index is 0.00000312. The lowest BCUT2D eigenvalue weighted by molar-refractivity contribution is 0.0600. The van der Waals surface area contributed by atoms with Crippen LogP contribution in [0, 0.1) is 0 Å². The first-order chi connectivity index (χ1) is 11.7.